The largest absolute Gasteiger partial charge is 0.314 e. The van der Waals surface area contributed by atoms with Crippen LogP contribution in [0, 0.1) is 0 Å². The van der Waals surface area contributed by atoms with Crippen LogP contribution in [0.15, 0.2) is 55.2 Å². The van der Waals surface area contributed by atoms with Gasteiger partial charge in [0.25, 0.3) is 0 Å². The zero-order chi connectivity index (χ0) is 18.4. The third-order valence-corrected chi connectivity index (χ3v) is 4.84. The standard InChI is InChI=1S/C18H15ClN8/c1-2-14-17-24-21-11-25(17)15-10-20-18(19)23-16(15)27(14)13-6-3-5-12(9-13)26-8-4-7-22-26/h3-11,14H,2H2,1H3. The quantitative estimate of drug-likeness (QED) is 0.508. The fraction of sp³-hybridized carbons (Fsp3) is 0.167. The number of rotatable bonds is 3. The summed E-state index contributed by atoms with van der Waals surface area (Å²) in [6, 6.07) is 9.99. The predicted molar refractivity (Wildman–Crippen MR) is 101 cm³/mol. The van der Waals surface area contributed by atoms with E-state index in [-0.39, 0.29) is 11.3 Å². The highest BCUT2D eigenvalue weighted by molar-refractivity contribution is 6.28. The minimum Gasteiger partial charge on any atom is -0.314 e. The van der Waals surface area contributed by atoms with Crippen LogP contribution in [0.5, 0.6) is 0 Å². The van der Waals surface area contributed by atoms with Gasteiger partial charge >= 0.3 is 0 Å². The van der Waals surface area contributed by atoms with Gasteiger partial charge in [-0.25, -0.2) is 9.67 Å². The summed E-state index contributed by atoms with van der Waals surface area (Å²) in [5, 5.41) is 13.0. The van der Waals surface area contributed by atoms with Crippen molar-refractivity contribution in [2.24, 2.45) is 0 Å². The Balaban J connectivity index is 1.72. The topological polar surface area (TPSA) is 77.5 Å². The lowest BCUT2D eigenvalue weighted by Gasteiger charge is -2.36. The van der Waals surface area contributed by atoms with Crippen molar-refractivity contribution in [1.82, 2.24) is 34.5 Å². The summed E-state index contributed by atoms with van der Waals surface area (Å²) in [6.07, 6.45) is 7.88. The lowest BCUT2D eigenvalue weighted by atomic mass is 10.1. The first-order valence-corrected chi connectivity index (χ1v) is 8.96. The Morgan fingerprint density at radius 1 is 1.19 bits per heavy atom. The number of nitrogens with zero attached hydrogens (tertiary/aromatic N) is 8. The number of hydrogen-bond acceptors (Lipinski definition) is 6. The van der Waals surface area contributed by atoms with E-state index < -0.39 is 0 Å². The van der Waals surface area contributed by atoms with Gasteiger partial charge in [0, 0.05) is 18.1 Å². The molecule has 1 aliphatic rings. The highest BCUT2D eigenvalue weighted by Gasteiger charge is 2.34. The number of halogens is 1. The van der Waals surface area contributed by atoms with Crippen LogP contribution in [0.2, 0.25) is 5.28 Å². The maximum Gasteiger partial charge on any atom is 0.224 e. The van der Waals surface area contributed by atoms with Crippen LogP contribution in [-0.2, 0) is 0 Å². The molecular weight excluding hydrogens is 364 g/mol. The van der Waals surface area contributed by atoms with Gasteiger partial charge in [-0.15, -0.1) is 10.2 Å². The Hall–Kier alpha value is -3.26. The lowest BCUT2D eigenvalue weighted by molar-refractivity contribution is 0.589. The van der Waals surface area contributed by atoms with Crippen molar-refractivity contribution in [3.05, 3.63) is 66.4 Å². The normalized spacial score (nSPS) is 15.5. The maximum absolute atomic E-state index is 6.13. The molecule has 0 bridgehead atoms. The highest BCUT2D eigenvalue weighted by Crippen LogP contribution is 2.43. The van der Waals surface area contributed by atoms with Crippen LogP contribution in [0.1, 0.15) is 25.2 Å². The van der Waals surface area contributed by atoms with Crippen molar-refractivity contribution < 1.29 is 0 Å². The van der Waals surface area contributed by atoms with E-state index in [0.717, 1.165) is 35.1 Å². The van der Waals surface area contributed by atoms with E-state index in [9.17, 15) is 0 Å². The molecule has 0 fully saturated rings. The summed E-state index contributed by atoms with van der Waals surface area (Å²) < 4.78 is 3.75. The highest BCUT2D eigenvalue weighted by atomic mass is 35.5. The van der Waals surface area contributed by atoms with Crippen molar-refractivity contribution >= 4 is 23.1 Å². The Morgan fingerprint density at radius 3 is 2.89 bits per heavy atom. The SMILES string of the molecule is CCC1c2nncn2-c2cnc(Cl)nc2N1c1cccc(-n2cccn2)c1. The lowest BCUT2D eigenvalue weighted by Crippen LogP contribution is -2.32. The molecule has 3 aromatic heterocycles. The smallest absolute Gasteiger partial charge is 0.224 e. The van der Waals surface area contributed by atoms with E-state index >= 15 is 0 Å². The second kappa shape index (κ2) is 6.17. The number of anilines is 2. The molecule has 0 saturated heterocycles. The molecule has 0 N–H and O–H groups in total. The molecule has 1 atom stereocenters. The number of hydrogen-bond donors (Lipinski definition) is 0. The van der Waals surface area contributed by atoms with Crippen LogP contribution in [0.25, 0.3) is 11.4 Å². The van der Waals surface area contributed by atoms with E-state index in [0.29, 0.717) is 0 Å². The zero-order valence-electron chi connectivity index (χ0n) is 14.4. The molecule has 0 aliphatic carbocycles. The Morgan fingerprint density at radius 2 is 2.07 bits per heavy atom. The van der Waals surface area contributed by atoms with Gasteiger partial charge in [-0.2, -0.15) is 10.1 Å². The molecule has 134 valence electrons. The van der Waals surface area contributed by atoms with Crippen molar-refractivity contribution in [3.63, 3.8) is 0 Å². The van der Waals surface area contributed by atoms with Gasteiger partial charge < -0.3 is 4.90 Å². The zero-order valence-corrected chi connectivity index (χ0v) is 15.2. The van der Waals surface area contributed by atoms with Crippen molar-refractivity contribution in [2.75, 3.05) is 4.90 Å². The van der Waals surface area contributed by atoms with E-state index in [1.807, 2.05) is 39.7 Å². The minimum atomic E-state index is -0.0289. The number of aromatic nitrogens is 7. The molecule has 5 rings (SSSR count). The first-order chi connectivity index (χ1) is 13.3. The Labute approximate surface area is 160 Å². The van der Waals surface area contributed by atoms with Gasteiger partial charge in [0.05, 0.1) is 17.9 Å². The average molecular weight is 379 g/mol. The summed E-state index contributed by atoms with van der Waals surface area (Å²) in [6.45, 7) is 2.11. The molecule has 8 nitrogen and oxygen atoms in total. The van der Waals surface area contributed by atoms with E-state index in [2.05, 4.69) is 43.2 Å². The monoisotopic (exact) mass is 378 g/mol. The summed E-state index contributed by atoms with van der Waals surface area (Å²) in [5.74, 6) is 1.58. The van der Waals surface area contributed by atoms with Gasteiger partial charge in [-0.1, -0.05) is 13.0 Å². The van der Waals surface area contributed by atoms with Crippen LogP contribution >= 0.6 is 11.6 Å². The van der Waals surface area contributed by atoms with Crippen LogP contribution in [-0.4, -0.2) is 34.5 Å². The summed E-state index contributed by atoms with van der Waals surface area (Å²) in [7, 11) is 0. The second-order valence-corrected chi connectivity index (χ2v) is 6.51. The molecule has 27 heavy (non-hydrogen) atoms. The van der Waals surface area contributed by atoms with E-state index in [1.165, 1.54) is 0 Å². The fourth-order valence-electron chi connectivity index (χ4n) is 3.49. The first-order valence-electron chi connectivity index (χ1n) is 8.58. The third-order valence-electron chi connectivity index (χ3n) is 4.66. The molecule has 4 aromatic rings. The summed E-state index contributed by atoms with van der Waals surface area (Å²) >= 11 is 6.13. The molecule has 1 aromatic carbocycles. The molecule has 1 aliphatic heterocycles. The molecule has 9 heteroatoms. The third kappa shape index (κ3) is 2.48. The van der Waals surface area contributed by atoms with E-state index in [1.54, 1.807) is 18.7 Å². The molecular formula is C18H15ClN8. The van der Waals surface area contributed by atoms with Crippen LogP contribution < -0.4 is 4.90 Å². The van der Waals surface area contributed by atoms with E-state index in [4.69, 9.17) is 11.6 Å². The van der Waals surface area contributed by atoms with Crippen molar-refractivity contribution in [1.29, 1.82) is 0 Å². The van der Waals surface area contributed by atoms with Gasteiger partial charge in [-0.05, 0) is 42.3 Å². The molecule has 1 unspecified atom stereocenters. The number of benzene rings is 1. The van der Waals surface area contributed by atoms with Gasteiger partial charge in [-0.3, -0.25) is 4.57 Å². The molecule has 0 amide bonds. The molecule has 0 spiro atoms. The Bertz CT molecular complexity index is 1100. The van der Waals surface area contributed by atoms with Crippen LogP contribution in [0.3, 0.4) is 0 Å². The Kier molecular flexibility index (Phi) is 3.64. The van der Waals surface area contributed by atoms with Gasteiger partial charge in [0.1, 0.15) is 12.0 Å². The van der Waals surface area contributed by atoms with Gasteiger partial charge in [0.2, 0.25) is 5.28 Å². The molecule has 0 saturated carbocycles. The molecule has 0 radical (unpaired) electrons. The average Bonchev–Trinajstić information content (AvgIpc) is 3.38. The minimum absolute atomic E-state index is 0.0289. The van der Waals surface area contributed by atoms with Crippen LogP contribution in [0.4, 0.5) is 11.5 Å². The second-order valence-electron chi connectivity index (χ2n) is 6.17. The maximum atomic E-state index is 6.13. The van der Waals surface area contributed by atoms with Crippen molar-refractivity contribution in [3.8, 4) is 11.4 Å². The fourth-order valence-corrected chi connectivity index (χ4v) is 3.62. The predicted octanol–water partition coefficient (Wildman–Crippen LogP) is 3.50. The first kappa shape index (κ1) is 16.0. The summed E-state index contributed by atoms with van der Waals surface area (Å²) in [5.41, 5.74) is 2.73. The molecule has 4 heterocycles. The van der Waals surface area contributed by atoms with Gasteiger partial charge in [0.15, 0.2) is 11.6 Å². The summed E-state index contributed by atoms with van der Waals surface area (Å²) in [4.78, 5) is 10.8. The number of fused-ring (bicyclic) bond motifs is 3. The van der Waals surface area contributed by atoms with Crippen molar-refractivity contribution in [2.45, 2.75) is 19.4 Å².